The van der Waals surface area contributed by atoms with Gasteiger partial charge in [0.2, 0.25) is 0 Å². The molecule has 1 heterocycles. The van der Waals surface area contributed by atoms with Crippen molar-refractivity contribution in [2.24, 2.45) is 0 Å². The maximum absolute atomic E-state index is 4.13. The van der Waals surface area contributed by atoms with Gasteiger partial charge in [-0.15, -0.1) is 0 Å². The van der Waals surface area contributed by atoms with Crippen LogP contribution >= 0.6 is 0 Å². The molecule has 16 heavy (non-hydrogen) atoms. The molecule has 1 aromatic heterocycles. The molecular weight excluding hydrogens is 196 g/mol. The maximum atomic E-state index is 4.13. The molecule has 0 aliphatic carbocycles. The van der Waals surface area contributed by atoms with Gasteiger partial charge in [0.05, 0.1) is 11.9 Å². The summed E-state index contributed by atoms with van der Waals surface area (Å²) in [6, 6.07) is 10.6. The monoisotopic (exact) mass is 212 g/mol. The van der Waals surface area contributed by atoms with Gasteiger partial charge in [0, 0.05) is 18.9 Å². The van der Waals surface area contributed by atoms with Crippen LogP contribution in [0.3, 0.4) is 0 Å². The molecule has 2 heteroatoms. The van der Waals surface area contributed by atoms with E-state index in [2.05, 4.69) is 55.0 Å². The Bertz CT molecular complexity index is 457. The van der Waals surface area contributed by atoms with E-state index in [-0.39, 0.29) is 0 Å². The number of aryl methyl sites for hydroxylation is 2. The van der Waals surface area contributed by atoms with E-state index >= 15 is 0 Å². The fourth-order valence-corrected chi connectivity index (χ4v) is 1.85. The standard InChI is InChI=1S/C14H16N2/c1-11-7-12(2)9-14(8-11)16(3)13-5-4-6-15-10-13/h4-10H,1-3H3. The van der Waals surface area contributed by atoms with E-state index in [1.54, 1.807) is 6.20 Å². The quantitative estimate of drug-likeness (QED) is 0.757. The zero-order chi connectivity index (χ0) is 11.5. The van der Waals surface area contributed by atoms with Crippen molar-refractivity contribution in [1.29, 1.82) is 0 Å². The second kappa shape index (κ2) is 4.35. The lowest BCUT2D eigenvalue weighted by Crippen LogP contribution is -2.09. The first-order valence-electron chi connectivity index (χ1n) is 5.39. The molecular formula is C14H16N2. The van der Waals surface area contributed by atoms with Crippen LogP contribution in [0.2, 0.25) is 0 Å². The minimum atomic E-state index is 1.10. The smallest absolute Gasteiger partial charge is 0.0594 e. The summed E-state index contributed by atoms with van der Waals surface area (Å²) < 4.78 is 0. The average molecular weight is 212 g/mol. The third-order valence-corrected chi connectivity index (χ3v) is 2.63. The van der Waals surface area contributed by atoms with Crippen molar-refractivity contribution in [1.82, 2.24) is 4.98 Å². The normalized spacial score (nSPS) is 10.2. The number of anilines is 2. The second-order valence-corrected chi connectivity index (χ2v) is 4.12. The largest absolute Gasteiger partial charge is 0.343 e. The van der Waals surface area contributed by atoms with E-state index in [1.807, 2.05) is 12.3 Å². The van der Waals surface area contributed by atoms with Crippen LogP contribution in [-0.2, 0) is 0 Å². The van der Waals surface area contributed by atoms with Gasteiger partial charge >= 0.3 is 0 Å². The fourth-order valence-electron chi connectivity index (χ4n) is 1.85. The lowest BCUT2D eigenvalue weighted by atomic mass is 10.1. The van der Waals surface area contributed by atoms with Gasteiger partial charge in [-0.05, 0) is 49.2 Å². The van der Waals surface area contributed by atoms with Crippen molar-refractivity contribution in [3.05, 3.63) is 53.9 Å². The Labute approximate surface area is 96.6 Å². The molecule has 0 radical (unpaired) electrons. The molecule has 0 saturated carbocycles. The van der Waals surface area contributed by atoms with E-state index in [9.17, 15) is 0 Å². The van der Waals surface area contributed by atoms with E-state index in [4.69, 9.17) is 0 Å². The van der Waals surface area contributed by atoms with Gasteiger partial charge in [-0.25, -0.2) is 0 Å². The molecule has 0 saturated heterocycles. The molecule has 0 spiro atoms. The van der Waals surface area contributed by atoms with Crippen LogP contribution in [0.25, 0.3) is 0 Å². The summed E-state index contributed by atoms with van der Waals surface area (Å²) in [6.45, 7) is 4.24. The van der Waals surface area contributed by atoms with Crippen LogP contribution in [0.1, 0.15) is 11.1 Å². The Kier molecular flexibility index (Phi) is 2.91. The second-order valence-electron chi connectivity index (χ2n) is 4.12. The van der Waals surface area contributed by atoms with Crippen LogP contribution in [0.15, 0.2) is 42.7 Å². The molecule has 82 valence electrons. The van der Waals surface area contributed by atoms with Crippen molar-refractivity contribution < 1.29 is 0 Å². The van der Waals surface area contributed by atoms with Crippen molar-refractivity contribution in [3.63, 3.8) is 0 Å². The van der Waals surface area contributed by atoms with Crippen molar-refractivity contribution in [2.75, 3.05) is 11.9 Å². The molecule has 2 aromatic rings. The topological polar surface area (TPSA) is 16.1 Å². The molecule has 0 N–H and O–H groups in total. The first-order valence-corrected chi connectivity index (χ1v) is 5.39. The third-order valence-electron chi connectivity index (χ3n) is 2.63. The summed E-state index contributed by atoms with van der Waals surface area (Å²) in [5, 5.41) is 0. The molecule has 1 aromatic carbocycles. The van der Waals surface area contributed by atoms with E-state index in [1.165, 1.54) is 16.8 Å². The molecule has 0 unspecified atom stereocenters. The molecule has 0 atom stereocenters. The molecule has 0 bridgehead atoms. The Morgan fingerprint density at radius 3 is 2.25 bits per heavy atom. The number of hydrogen-bond acceptors (Lipinski definition) is 2. The number of pyridine rings is 1. The van der Waals surface area contributed by atoms with Crippen LogP contribution in [0.4, 0.5) is 11.4 Å². The summed E-state index contributed by atoms with van der Waals surface area (Å²) in [4.78, 5) is 6.28. The van der Waals surface area contributed by atoms with Gasteiger partial charge in [0.15, 0.2) is 0 Å². The highest BCUT2D eigenvalue weighted by Crippen LogP contribution is 2.24. The van der Waals surface area contributed by atoms with Gasteiger partial charge in [-0.2, -0.15) is 0 Å². The summed E-state index contributed by atoms with van der Waals surface area (Å²) in [5.41, 5.74) is 4.87. The predicted octanol–water partition coefficient (Wildman–Crippen LogP) is 3.47. The molecule has 2 rings (SSSR count). The number of hydrogen-bond donors (Lipinski definition) is 0. The first kappa shape index (κ1) is 10.7. The number of benzene rings is 1. The molecule has 2 nitrogen and oxygen atoms in total. The Morgan fingerprint density at radius 1 is 1.00 bits per heavy atom. The van der Waals surface area contributed by atoms with E-state index in [0.29, 0.717) is 0 Å². The highest BCUT2D eigenvalue weighted by molar-refractivity contribution is 5.62. The SMILES string of the molecule is Cc1cc(C)cc(N(C)c2cccnc2)c1. The van der Waals surface area contributed by atoms with Crippen LogP contribution in [0, 0.1) is 13.8 Å². The fraction of sp³-hybridized carbons (Fsp3) is 0.214. The predicted molar refractivity (Wildman–Crippen MR) is 68.2 cm³/mol. The van der Waals surface area contributed by atoms with E-state index in [0.717, 1.165) is 5.69 Å². The van der Waals surface area contributed by atoms with E-state index < -0.39 is 0 Å². The molecule has 0 fully saturated rings. The van der Waals surface area contributed by atoms with Crippen molar-refractivity contribution in [3.8, 4) is 0 Å². The molecule has 0 aliphatic heterocycles. The van der Waals surface area contributed by atoms with Crippen LogP contribution in [0.5, 0.6) is 0 Å². The lowest BCUT2D eigenvalue weighted by molar-refractivity contribution is 1.16. The summed E-state index contributed by atoms with van der Waals surface area (Å²) in [7, 11) is 2.06. The highest BCUT2D eigenvalue weighted by Gasteiger charge is 2.04. The van der Waals surface area contributed by atoms with Gasteiger partial charge in [-0.3, -0.25) is 4.98 Å². The van der Waals surface area contributed by atoms with Crippen molar-refractivity contribution in [2.45, 2.75) is 13.8 Å². The van der Waals surface area contributed by atoms with Crippen molar-refractivity contribution >= 4 is 11.4 Å². The number of rotatable bonds is 2. The maximum Gasteiger partial charge on any atom is 0.0594 e. The Morgan fingerprint density at radius 2 is 1.69 bits per heavy atom. The third kappa shape index (κ3) is 2.22. The van der Waals surface area contributed by atoms with Gasteiger partial charge in [0.25, 0.3) is 0 Å². The summed E-state index contributed by atoms with van der Waals surface area (Å²) >= 11 is 0. The van der Waals surface area contributed by atoms with Crippen LogP contribution in [-0.4, -0.2) is 12.0 Å². The van der Waals surface area contributed by atoms with Gasteiger partial charge in [-0.1, -0.05) is 6.07 Å². The highest BCUT2D eigenvalue weighted by atomic mass is 15.1. The number of nitrogens with zero attached hydrogens (tertiary/aromatic N) is 2. The Balaban J connectivity index is 2.37. The summed E-state index contributed by atoms with van der Waals surface area (Å²) in [6.07, 6.45) is 3.66. The zero-order valence-electron chi connectivity index (χ0n) is 9.94. The first-order chi connectivity index (χ1) is 7.66. The molecule has 0 amide bonds. The van der Waals surface area contributed by atoms with Gasteiger partial charge < -0.3 is 4.90 Å². The minimum Gasteiger partial charge on any atom is -0.343 e. The lowest BCUT2D eigenvalue weighted by Gasteiger charge is -2.20. The van der Waals surface area contributed by atoms with Crippen LogP contribution < -0.4 is 4.90 Å². The van der Waals surface area contributed by atoms with Gasteiger partial charge in [0.1, 0.15) is 0 Å². The molecule has 0 aliphatic rings. The average Bonchev–Trinajstić information content (AvgIpc) is 2.28. The minimum absolute atomic E-state index is 1.10. The Hall–Kier alpha value is -1.83. The number of aromatic nitrogens is 1. The summed E-state index contributed by atoms with van der Waals surface area (Å²) in [5.74, 6) is 0. The zero-order valence-corrected chi connectivity index (χ0v) is 9.94.